The Labute approximate surface area is 110 Å². The molecule has 3 nitrogen and oxygen atoms in total. The van der Waals surface area contributed by atoms with Crippen LogP contribution in [0.3, 0.4) is 0 Å². The summed E-state index contributed by atoms with van der Waals surface area (Å²) in [7, 11) is 4.01. The van der Waals surface area contributed by atoms with E-state index in [1.54, 1.807) is 12.0 Å². The van der Waals surface area contributed by atoms with Gasteiger partial charge in [-0.15, -0.1) is 0 Å². The number of ether oxygens (including phenoxy) is 1. The summed E-state index contributed by atoms with van der Waals surface area (Å²) in [5, 5.41) is 2.54. The van der Waals surface area contributed by atoms with E-state index < -0.39 is 0 Å². The molecule has 0 saturated carbocycles. The molecule has 0 aromatic heterocycles. The zero-order chi connectivity index (χ0) is 13.0. The van der Waals surface area contributed by atoms with Crippen molar-refractivity contribution in [3.63, 3.8) is 0 Å². The van der Waals surface area contributed by atoms with Gasteiger partial charge in [0.05, 0.1) is 33.3 Å². The highest BCUT2D eigenvalue weighted by atomic mass is 16.5. The molecule has 1 aliphatic heterocycles. The van der Waals surface area contributed by atoms with Gasteiger partial charge in [-0.3, -0.25) is 0 Å². The predicted octanol–water partition coefficient (Wildman–Crippen LogP) is -0.00330. The number of hydrogen-bond acceptors (Lipinski definition) is 1. The highest BCUT2D eigenvalue weighted by Gasteiger charge is 2.24. The fourth-order valence-corrected chi connectivity index (χ4v) is 2.75. The van der Waals surface area contributed by atoms with Gasteiger partial charge in [0.15, 0.2) is 0 Å². The first kappa shape index (κ1) is 13.4. The summed E-state index contributed by atoms with van der Waals surface area (Å²) in [4.78, 5) is 1.68. The summed E-state index contributed by atoms with van der Waals surface area (Å²) in [6.07, 6.45) is 2.68. The molecule has 3 N–H and O–H groups in total. The summed E-state index contributed by atoms with van der Waals surface area (Å²) in [5.74, 6) is 0.939. The van der Waals surface area contributed by atoms with Crippen LogP contribution in [0.5, 0.6) is 5.75 Å². The molecule has 1 fully saturated rings. The summed E-state index contributed by atoms with van der Waals surface area (Å²) in [5.41, 5.74) is 1.39. The van der Waals surface area contributed by atoms with Crippen LogP contribution < -0.4 is 15.0 Å². The largest absolute Gasteiger partial charge is 0.497 e. The number of quaternary nitrogens is 2. The lowest BCUT2D eigenvalue weighted by atomic mass is 10.0. The Morgan fingerprint density at radius 2 is 1.83 bits per heavy atom. The normalized spacial score (nSPS) is 25.7. The number of likely N-dealkylation sites (tertiary alicyclic amines) is 1. The maximum Gasteiger partial charge on any atom is 0.118 e. The fraction of sp³-hybridized carbons (Fsp3) is 0.600. The monoisotopic (exact) mass is 250 g/mol. The number of methoxy groups -OCH3 is 1. The van der Waals surface area contributed by atoms with Crippen molar-refractivity contribution in [1.29, 1.82) is 0 Å². The molecular weight excluding hydrogens is 224 g/mol. The number of hydrogen-bond donors (Lipinski definition) is 2. The maximum atomic E-state index is 5.20. The second-order valence-electron chi connectivity index (χ2n) is 5.55. The quantitative estimate of drug-likeness (QED) is 0.774. The zero-order valence-electron chi connectivity index (χ0n) is 11.8. The van der Waals surface area contributed by atoms with Crippen LogP contribution >= 0.6 is 0 Å². The van der Waals surface area contributed by atoms with Gasteiger partial charge in [0.25, 0.3) is 0 Å². The molecule has 1 heterocycles. The van der Waals surface area contributed by atoms with E-state index in [1.807, 2.05) is 0 Å². The third kappa shape index (κ3) is 3.47. The summed E-state index contributed by atoms with van der Waals surface area (Å²) < 4.78 is 5.20. The molecule has 1 saturated heterocycles. The minimum atomic E-state index is 0.541. The molecule has 18 heavy (non-hydrogen) atoms. The van der Waals surface area contributed by atoms with E-state index >= 15 is 0 Å². The lowest BCUT2D eigenvalue weighted by Crippen LogP contribution is -3.12. The molecule has 100 valence electrons. The van der Waals surface area contributed by atoms with Gasteiger partial charge in [-0.25, -0.2) is 0 Å². The van der Waals surface area contributed by atoms with Gasteiger partial charge in [0.1, 0.15) is 11.8 Å². The number of nitrogens with one attached hydrogen (secondary N) is 1. The molecule has 1 aliphatic rings. The van der Waals surface area contributed by atoms with Crippen molar-refractivity contribution in [1.82, 2.24) is 0 Å². The van der Waals surface area contributed by atoms with Crippen LogP contribution in [0.2, 0.25) is 0 Å². The van der Waals surface area contributed by atoms with E-state index in [0.29, 0.717) is 6.04 Å². The molecular formula is C15H26N2O+2. The van der Waals surface area contributed by atoms with Crippen molar-refractivity contribution in [2.45, 2.75) is 31.8 Å². The zero-order valence-corrected chi connectivity index (χ0v) is 11.8. The summed E-state index contributed by atoms with van der Waals surface area (Å²) in [6.45, 7) is 4.93. The van der Waals surface area contributed by atoms with E-state index in [0.717, 1.165) is 11.8 Å². The molecule has 0 radical (unpaired) electrons. The van der Waals surface area contributed by atoms with Crippen LogP contribution in [0.4, 0.5) is 0 Å². The highest BCUT2D eigenvalue weighted by molar-refractivity contribution is 5.27. The van der Waals surface area contributed by atoms with Crippen LogP contribution in [0, 0.1) is 0 Å². The van der Waals surface area contributed by atoms with Crippen molar-refractivity contribution in [2.75, 3.05) is 27.2 Å². The van der Waals surface area contributed by atoms with Gasteiger partial charge in [0, 0.05) is 18.4 Å². The molecule has 2 rings (SSSR count). The number of piperidine rings is 1. The Balaban J connectivity index is 1.88. The topological polar surface area (TPSA) is 30.3 Å². The van der Waals surface area contributed by atoms with E-state index in [-0.39, 0.29) is 0 Å². The summed E-state index contributed by atoms with van der Waals surface area (Å²) in [6, 6.07) is 9.81. The van der Waals surface area contributed by atoms with Crippen molar-refractivity contribution < 1.29 is 15.0 Å². The van der Waals surface area contributed by atoms with Gasteiger partial charge < -0.3 is 15.0 Å². The van der Waals surface area contributed by atoms with Gasteiger partial charge in [-0.1, -0.05) is 0 Å². The van der Waals surface area contributed by atoms with E-state index in [4.69, 9.17) is 4.74 Å². The van der Waals surface area contributed by atoms with E-state index in [9.17, 15) is 0 Å². The Hall–Kier alpha value is -1.06. The number of rotatable bonds is 4. The second kappa shape index (κ2) is 6.21. The molecule has 0 aliphatic carbocycles. The lowest BCUT2D eigenvalue weighted by molar-refractivity contribution is -0.895. The van der Waals surface area contributed by atoms with Gasteiger partial charge in [-0.05, 0) is 31.2 Å². The summed E-state index contributed by atoms with van der Waals surface area (Å²) >= 11 is 0. The van der Waals surface area contributed by atoms with Crippen molar-refractivity contribution in [2.24, 2.45) is 0 Å². The number of benzene rings is 1. The third-order valence-electron chi connectivity index (χ3n) is 4.09. The van der Waals surface area contributed by atoms with Crippen LogP contribution in [-0.4, -0.2) is 33.3 Å². The van der Waals surface area contributed by atoms with E-state index in [2.05, 4.69) is 43.6 Å². The predicted molar refractivity (Wildman–Crippen MR) is 73.0 cm³/mol. The van der Waals surface area contributed by atoms with Crippen LogP contribution in [-0.2, 0) is 0 Å². The van der Waals surface area contributed by atoms with Crippen LogP contribution in [0.25, 0.3) is 0 Å². The molecule has 0 unspecified atom stereocenters. The Bertz CT molecular complexity index is 355. The second-order valence-corrected chi connectivity index (χ2v) is 5.55. The average molecular weight is 250 g/mol. The van der Waals surface area contributed by atoms with Crippen molar-refractivity contribution >= 4 is 0 Å². The molecule has 1 aromatic rings. The van der Waals surface area contributed by atoms with Gasteiger partial charge in [-0.2, -0.15) is 0 Å². The molecule has 1 aromatic carbocycles. The fourth-order valence-electron chi connectivity index (χ4n) is 2.75. The lowest BCUT2D eigenvalue weighted by Gasteiger charge is -2.27. The molecule has 0 amide bonds. The molecule has 1 atom stereocenters. The third-order valence-corrected chi connectivity index (χ3v) is 4.09. The molecule has 0 bridgehead atoms. The smallest absolute Gasteiger partial charge is 0.118 e. The van der Waals surface area contributed by atoms with Crippen LogP contribution in [0.1, 0.15) is 31.4 Å². The highest BCUT2D eigenvalue weighted by Crippen LogP contribution is 2.15. The first-order valence-corrected chi connectivity index (χ1v) is 6.99. The Kier molecular flexibility index (Phi) is 4.61. The standard InChI is InChI=1S/C15H24N2O/c1-12(13-4-6-15(18-3)7-5-13)16-14-8-10-17(2)11-9-14/h4-7,12,14,16H,8-11H2,1-3H3/p+2/t12-/m0/s1. The SMILES string of the molecule is COc1ccc([C@H](C)[NH2+]C2CC[NH+](C)CC2)cc1. The van der Waals surface area contributed by atoms with Gasteiger partial charge >= 0.3 is 0 Å². The first-order valence-electron chi connectivity index (χ1n) is 6.99. The maximum absolute atomic E-state index is 5.20. The van der Waals surface area contributed by atoms with Crippen molar-refractivity contribution in [3.05, 3.63) is 29.8 Å². The minimum Gasteiger partial charge on any atom is -0.497 e. The molecule has 0 spiro atoms. The minimum absolute atomic E-state index is 0.541. The molecule has 3 heteroatoms. The van der Waals surface area contributed by atoms with Crippen LogP contribution in [0.15, 0.2) is 24.3 Å². The van der Waals surface area contributed by atoms with Crippen molar-refractivity contribution in [3.8, 4) is 5.75 Å². The Morgan fingerprint density at radius 3 is 2.39 bits per heavy atom. The number of nitrogens with two attached hydrogens (primary N) is 1. The van der Waals surface area contributed by atoms with Gasteiger partial charge in [0.2, 0.25) is 0 Å². The van der Waals surface area contributed by atoms with E-state index in [1.165, 1.54) is 31.5 Å². The Morgan fingerprint density at radius 1 is 1.22 bits per heavy atom. The average Bonchev–Trinajstić information content (AvgIpc) is 2.41. The first-order chi connectivity index (χ1) is 8.69.